The molecule has 0 saturated heterocycles. The van der Waals surface area contributed by atoms with Crippen LogP contribution in [0.3, 0.4) is 0 Å². The van der Waals surface area contributed by atoms with E-state index in [1.54, 1.807) is 26.4 Å². The van der Waals surface area contributed by atoms with Gasteiger partial charge in [-0.05, 0) is 55.3 Å². The Kier molecular flexibility index (Phi) is 6.07. The molecule has 0 saturated carbocycles. The zero-order chi connectivity index (χ0) is 17.5. The number of aryl methyl sites for hydroxylation is 1. The highest BCUT2D eigenvalue weighted by atomic mass is 16.5. The Morgan fingerprint density at radius 1 is 1.00 bits per heavy atom. The molecule has 0 aromatic heterocycles. The predicted octanol–water partition coefficient (Wildman–Crippen LogP) is 3.34. The summed E-state index contributed by atoms with van der Waals surface area (Å²) >= 11 is 0. The number of rotatable bonds is 7. The number of methoxy groups -OCH3 is 2. The standard InChI is InChI=1S/C19H23NO4/c1-5-24-18-11-14(6-8-17(18)23-4)12-20-19(21)15-7-9-16(22-3)13(2)10-15/h6-11H,5,12H2,1-4H3,(H,20,21). The fourth-order valence-corrected chi connectivity index (χ4v) is 2.40. The Morgan fingerprint density at radius 2 is 1.71 bits per heavy atom. The molecule has 0 radical (unpaired) electrons. The first-order chi connectivity index (χ1) is 11.6. The van der Waals surface area contributed by atoms with Gasteiger partial charge in [0.2, 0.25) is 0 Å². The van der Waals surface area contributed by atoms with Crippen LogP contribution in [0.4, 0.5) is 0 Å². The summed E-state index contributed by atoms with van der Waals surface area (Å²) in [4.78, 5) is 12.3. The van der Waals surface area contributed by atoms with Crippen LogP contribution in [-0.2, 0) is 6.54 Å². The van der Waals surface area contributed by atoms with Crippen molar-refractivity contribution in [2.45, 2.75) is 20.4 Å². The Morgan fingerprint density at radius 3 is 2.33 bits per heavy atom. The fourth-order valence-electron chi connectivity index (χ4n) is 2.40. The third-order valence-electron chi connectivity index (χ3n) is 3.64. The molecule has 5 nitrogen and oxygen atoms in total. The first kappa shape index (κ1) is 17.7. The summed E-state index contributed by atoms with van der Waals surface area (Å²) in [6.45, 7) is 4.79. The zero-order valence-electron chi connectivity index (χ0n) is 14.5. The summed E-state index contributed by atoms with van der Waals surface area (Å²) in [5.41, 5.74) is 2.47. The first-order valence-electron chi connectivity index (χ1n) is 7.81. The molecule has 2 rings (SSSR count). The van der Waals surface area contributed by atoms with Gasteiger partial charge in [-0.15, -0.1) is 0 Å². The molecule has 5 heteroatoms. The summed E-state index contributed by atoms with van der Waals surface area (Å²) in [7, 11) is 3.22. The highest BCUT2D eigenvalue weighted by molar-refractivity contribution is 5.94. The predicted molar refractivity (Wildman–Crippen MR) is 93.1 cm³/mol. The molecule has 1 N–H and O–H groups in total. The van der Waals surface area contributed by atoms with E-state index in [4.69, 9.17) is 14.2 Å². The maximum atomic E-state index is 12.3. The molecule has 0 bridgehead atoms. The third kappa shape index (κ3) is 4.19. The Bertz CT molecular complexity index is 713. The van der Waals surface area contributed by atoms with E-state index in [-0.39, 0.29) is 5.91 Å². The summed E-state index contributed by atoms with van der Waals surface area (Å²) in [5, 5.41) is 2.91. The Balaban J connectivity index is 2.06. The molecule has 2 aromatic carbocycles. The Labute approximate surface area is 142 Å². The van der Waals surface area contributed by atoms with Crippen LogP contribution in [0.15, 0.2) is 36.4 Å². The van der Waals surface area contributed by atoms with Crippen LogP contribution in [-0.4, -0.2) is 26.7 Å². The average molecular weight is 329 g/mol. The van der Waals surface area contributed by atoms with Gasteiger partial charge in [0.1, 0.15) is 5.75 Å². The lowest BCUT2D eigenvalue weighted by Crippen LogP contribution is -2.22. The maximum absolute atomic E-state index is 12.3. The van der Waals surface area contributed by atoms with E-state index in [1.165, 1.54) is 0 Å². The van der Waals surface area contributed by atoms with Crippen molar-refractivity contribution in [2.24, 2.45) is 0 Å². The van der Waals surface area contributed by atoms with E-state index in [0.29, 0.717) is 30.2 Å². The van der Waals surface area contributed by atoms with Gasteiger partial charge in [0.25, 0.3) is 5.91 Å². The maximum Gasteiger partial charge on any atom is 0.251 e. The van der Waals surface area contributed by atoms with E-state index >= 15 is 0 Å². The number of nitrogens with one attached hydrogen (secondary N) is 1. The summed E-state index contributed by atoms with van der Waals surface area (Å²) in [6, 6.07) is 11.0. The van der Waals surface area contributed by atoms with Gasteiger partial charge in [0, 0.05) is 12.1 Å². The van der Waals surface area contributed by atoms with Gasteiger partial charge >= 0.3 is 0 Å². The number of carbonyl (C=O) groups excluding carboxylic acids is 1. The van der Waals surface area contributed by atoms with Gasteiger partial charge in [-0.1, -0.05) is 6.07 Å². The van der Waals surface area contributed by atoms with Crippen molar-refractivity contribution >= 4 is 5.91 Å². The fraction of sp³-hybridized carbons (Fsp3) is 0.316. The van der Waals surface area contributed by atoms with Crippen molar-refractivity contribution in [2.75, 3.05) is 20.8 Å². The second-order valence-electron chi connectivity index (χ2n) is 5.29. The molecule has 0 aliphatic rings. The van der Waals surface area contributed by atoms with Gasteiger partial charge in [-0.2, -0.15) is 0 Å². The van der Waals surface area contributed by atoms with Crippen LogP contribution < -0.4 is 19.5 Å². The van der Waals surface area contributed by atoms with E-state index in [9.17, 15) is 4.79 Å². The second kappa shape index (κ2) is 8.24. The van der Waals surface area contributed by atoms with Gasteiger partial charge < -0.3 is 19.5 Å². The molecule has 128 valence electrons. The lowest BCUT2D eigenvalue weighted by atomic mass is 10.1. The zero-order valence-corrected chi connectivity index (χ0v) is 14.5. The molecule has 0 atom stereocenters. The van der Waals surface area contributed by atoms with Crippen molar-refractivity contribution in [1.29, 1.82) is 0 Å². The lowest BCUT2D eigenvalue weighted by molar-refractivity contribution is 0.0950. The molecule has 0 aliphatic carbocycles. The van der Waals surface area contributed by atoms with Gasteiger partial charge in [0.15, 0.2) is 11.5 Å². The van der Waals surface area contributed by atoms with Crippen LogP contribution >= 0.6 is 0 Å². The molecule has 0 fully saturated rings. The topological polar surface area (TPSA) is 56.8 Å². The van der Waals surface area contributed by atoms with Crippen LogP contribution in [0.5, 0.6) is 17.2 Å². The molecular formula is C19H23NO4. The number of amides is 1. The highest BCUT2D eigenvalue weighted by Crippen LogP contribution is 2.28. The van der Waals surface area contributed by atoms with Crippen molar-refractivity contribution in [3.8, 4) is 17.2 Å². The molecular weight excluding hydrogens is 306 g/mol. The lowest BCUT2D eigenvalue weighted by Gasteiger charge is -2.12. The molecule has 2 aromatic rings. The van der Waals surface area contributed by atoms with Crippen LogP contribution in [0.1, 0.15) is 28.4 Å². The van der Waals surface area contributed by atoms with E-state index in [0.717, 1.165) is 16.9 Å². The van der Waals surface area contributed by atoms with E-state index in [2.05, 4.69) is 5.32 Å². The highest BCUT2D eigenvalue weighted by Gasteiger charge is 2.09. The minimum Gasteiger partial charge on any atom is -0.496 e. The molecule has 0 aliphatic heterocycles. The summed E-state index contributed by atoms with van der Waals surface area (Å²) < 4.78 is 16.0. The number of hydrogen-bond acceptors (Lipinski definition) is 4. The first-order valence-corrected chi connectivity index (χ1v) is 7.81. The van der Waals surface area contributed by atoms with E-state index in [1.807, 2.05) is 38.1 Å². The second-order valence-corrected chi connectivity index (χ2v) is 5.29. The van der Waals surface area contributed by atoms with Crippen LogP contribution in [0.2, 0.25) is 0 Å². The normalized spacial score (nSPS) is 10.2. The van der Waals surface area contributed by atoms with Crippen molar-refractivity contribution in [3.63, 3.8) is 0 Å². The van der Waals surface area contributed by atoms with E-state index < -0.39 is 0 Å². The molecule has 0 unspecified atom stereocenters. The molecule has 24 heavy (non-hydrogen) atoms. The van der Waals surface area contributed by atoms with Crippen LogP contribution in [0, 0.1) is 6.92 Å². The minimum atomic E-state index is -0.130. The monoisotopic (exact) mass is 329 g/mol. The molecule has 0 heterocycles. The largest absolute Gasteiger partial charge is 0.496 e. The van der Waals surface area contributed by atoms with Gasteiger partial charge in [-0.3, -0.25) is 4.79 Å². The van der Waals surface area contributed by atoms with Crippen molar-refractivity contribution in [1.82, 2.24) is 5.32 Å². The molecule has 1 amide bonds. The number of benzene rings is 2. The quantitative estimate of drug-likeness (QED) is 0.846. The number of carbonyl (C=O) groups is 1. The molecule has 0 spiro atoms. The number of ether oxygens (including phenoxy) is 3. The summed E-state index contributed by atoms with van der Waals surface area (Å²) in [5.74, 6) is 1.99. The smallest absolute Gasteiger partial charge is 0.251 e. The number of hydrogen-bond donors (Lipinski definition) is 1. The SMILES string of the molecule is CCOc1cc(CNC(=O)c2ccc(OC)c(C)c2)ccc1OC. The van der Waals surface area contributed by atoms with Crippen LogP contribution in [0.25, 0.3) is 0 Å². The van der Waals surface area contributed by atoms with Gasteiger partial charge in [0.05, 0.1) is 20.8 Å². The Hall–Kier alpha value is -2.69. The van der Waals surface area contributed by atoms with Crippen molar-refractivity contribution < 1.29 is 19.0 Å². The third-order valence-corrected chi connectivity index (χ3v) is 3.64. The van der Waals surface area contributed by atoms with Gasteiger partial charge in [-0.25, -0.2) is 0 Å². The van der Waals surface area contributed by atoms with Crippen molar-refractivity contribution in [3.05, 3.63) is 53.1 Å². The average Bonchev–Trinajstić information content (AvgIpc) is 2.60. The summed E-state index contributed by atoms with van der Waals surface area (Å²) in [6.07, 6.45) is 0. The minimum absolute atomic E-state index is 0.130.